The van der Waals surface area contributed by atoms with Crippen LogP contribution in [0, 0.1) is 0 Å². The van der Waals surface area contributed by atoms with E-state index in [0.717, 1.165) is 0 Å². The van der Waals surface area contributed by atoms with Crippen molar-refractivity contribution in [2.75, 3.05) is 6.61 Å². The molecule has 6 nitrogen and oxygen atoms in total. The van der Waals surface area contributed by atoms with Crippen LogP contribution in [0.4, 0.5) is 0 Å². The van der Waals surface area contributed by atoms with Gasteiger partial charge in [-0.25, -0.2) is 0 Å². The third kappa shape index (κ3) is 6.94. The Balaban J connectivity index is 4.07. The SMILES string of the molecule is CC(=O)C(CCC(=O)O)OC(=O)CCCO. The van der Waals surface area contributed by atoms with Gasteiger partial charge in [-0.3, -0.25) is 14.4 Å². The van der Waals surface area contributed by atoms with Gasteiger partial charge in [-0.05, 0) is 13.3 Å². The first-order valence-corrected chi connectivity index (χ1v) is 5.00. The number of Topliss-reactive ketones (excluding diaryl/α,β-unsaturated/α-hetero) is 1. The molecule has 0 saturated carbocycles. The average Bonchev–Trinajstić information content (AvgIpc) is 2.20. The van der Waals surface area contributed by atoms with Crippen molar-refractivity contribution < 1.29 is 29.3 Å². The maximum absolute atomic E-state index is 11.1. The predicted octanol–water partition coefficient (Wildman–Crippen LogP) is 0.124. The summed E-state index contributed by atoms with van der Waals surface area (Å²) < 4.78 is 4.80. The summed E-state index contributed by atoms with van der Waals surface area (Å²) in [5.41, 5.74) is 0. The summed E-state index contributed by atoms with van der Waals surface area (Å²) in [4.78, 5) is 32.5. The normalized spacial score (nSPS) is 11.9. The van der Waals surface area contributed by atoms with Gasteiger partial charge in [0.2, 0.25) is 0 Å². The van der Waals surface area contributed by atoms with Crippen LogP contribution < -0.4 is 0 Å². The number of ether oxygens (including phenoxy) is 1. The van der Waals surface area contributed by atoms with E-state index < -0.39 is 18.0 Å². The lowest BCUT2D eigenvalue weighted by atomic mass is 10.1. The minimum absolute atomic E-state index is 0.0183. The molecular weight excluding hydrogens is 216 g/mol. The highest BCUT2D eigenvalue weighted by molar-refractivity contribution is 5.84. The van der Waals surface area contributed by atoms with Crippen LogP contribution in [-0.4, -0.2) is 40.6 Å². The fourth-order valence-electron chi connectivity index (χ4n) is 1.04. The average molecular weight is 232 g/mol. The monoisotopic (exact) mass is 232 g/mol. The van der Waals surface area contributed by atoms with Gasteiger partial charge in [-0.15, -0.1) is 0 Å². The fraction of sp³-hybridized carbons (Fsp3) is 0.700. The number of ketones is 1. The van der Waals surface area contributed by atoms with Gasteiger partial charge in [0.15, 0.2) is 11.9 Å². The highest BCUT2D eigenvalue weighted by Crippen LogP contribution is 2.06. The van der Waals surface area contributed by atoms with E-state index in [9.17, 15) is 14.4 Å². The van der Waals surface area contributed by atoms with Crippen molar-refractivity contribution in [3.05, 3.63) is 0 Å². The third-order valence-electron chi connectivity index (χ3n) is 1.89. The Kier molecular flexibility index (Phi) is 7.11. The van der Waals surface area contributed by atoms with Crippen molar-refractivity contribution in [2.45, 2.75) is 38.7 Å². The van der Waals surface area contributed by atoms with E-state index in [1.165, 1.54) is 6.92 Å². The fourth-order valence-corrected chi connectivity index (χ4v) is 1.04. The molecule has 16 heavy (non-hydrogen) atoms. The molecule has 0 aromatic carbocycles. The van der Waals surface area contributed by atoms with Gasteiger partial charge in [0.1, 0.15) is 0 Å². The second kappa shape index (κ2) is 7.81. The second-order valence-corrected chi connectivity index (χ2v) is 3.35. The number of carboxylic acids is 1. The van der Waals surface area contributed by atoms with Crippen molar-refractivity contribution in [1.29, 1.82) is 0 Å². The molecule has 0 aromatic rings. The van der Waals surface area contributed by atoms with E-state index in [4.69, 9.17) is 14.9 Å². The van der Waals surface area contributed by atoms with Gasteiger partial charge in [0, 0.05) is 25.9 Å². The molecule has 0 aromatic heterocycles. The summed E-state index contributed by atoms with van der Waals surface area (Å²) in [6.07, 6.45) is -0.953. The van der Waals surface area contributed by atoms with Crippen LogP contribution in [0.2, 0.25) is 0 Å². The van der Waals surface area contributed by atoms with Crippen LogP contribution in [0.1, 0.15) is 32.6 Å². The molecule has 0 heterocycles. The smallest absolute Gasteiger partial charge is 0.306 e. The summed E-state index contributed by atoms with van der Waals surface area (Å²) in [7, 11) is 0. The molecule has 1 unspecified atom stereocenters. The molecule has 2 N–H and O–H groups in total. The molecule has 0 aliphatic rings. The standard InChI is InChI=1S/C10H16O6/c1-7(12)8(4-5-9(13)14)16-10(15)3-2-6-11/h8,11H,2-6H2,1H3,(H,13,14). The van der Waals surface area contributed by atoms with E-state index in [1.54, 1.807) is 0 Å². The summed E-state index contributed by atoms with van der Waals surface area (Å²) in [6.45, 7) is 1.11. The molecule has 1 atom stereocenters. The number of aliphatic hydroxyl groups is 1. The van der Waals surface area contributed by atoms with Crippen molar-refractivity contribution in [3.63, 3.8) is 0 Å². The molecule has 0 spiro atoms. The lowest BCUT2D eigenvalue weighted by molar-refractivity contribution is -0.156. The highest BCUT2D eigenvalue weighted by atomic mass is 16.5. The maximum Gasteiger partial charge on any atom is 0.306 e. The Morgan fingerprint density at radius 1 is 1.25 bits per heavy atom. The van der Waals surface area contributed by atoms with Crippen molar-refractivity contribution >= 4 is 17.7 Å². The van der Waals surface area contributed by atoms with Gasteiger partial charge in [0.25, 0.3) is 0 Å². The Morgan fingerprint density at radius 3 is 2.31 bits per heavy atom. The minimum Gasteiger partial charge on any atom is -0.481 e. The number of hydrogen-bond donors (Lipinski definition) is 2. The predicted molar refractivity (Wildman–Crippen MR) is 53.8 cm³/mol. The number of esters is 1. The third-order valence-corrected chi connectivity index (χ3v) is 1.89. The second-order valence-electron chi connectivity index (χ2n) is 3.35. The zero-order valence-corrected chi connectivity index (χ0v) is 9.14. The summed E-state index contributed by atoms with van der Waals surface area (Å²) in [6, 6.07) is 0. The Morgan fingerprint density at radius 2 is 1.88 bits per heavy atom. The molecule has 0 aliphatic heterocycles. The Hall–Kier alpha value is -1.43. The topological polar surface area (TPSA) is 101 Å². The molecule has 0 saturated heterocycles. The molecular formula is C10H16O6. The van der Waals surface area contributed by atoms with Crippen LogP contribution >= 0.6 is 0 Å². The number of carbonyl (C=O) groups is 3. The number of rotatable bonds is 8. The highest BCUT2D eigenvalue weighted by Gasteiger charge is 2.19. The Bertz CT molecular complexity index is 260. The largest absolute Gasteiger partial charge is 0.481 e. The molecule has 0 rings (SSSR count). The van der Waals surface area contributed by atoms with E-state index in [0.29, 0.717) is 0 Å². The molecule has 0 bridgehead atoms. The molecule has 92 valence electrons. The summed E-state index contributed by atoms with van der Waals surface area (Å²) in [5.74, 6) is -2.02. The van der Waals surface area contributed by atoms with E-state index >= 15 is 0 Å². The molecule has 0 aliphatic carbocycles. The first-order chi connectivity index (χ1) is 7.47. The first-order valence-electron chi connectivity index (χ1n) is 5.00. The number of aliphatic carboxylic acids is 1. The van der Waals surface area contributed by atoms with Gasteiger partial charge >= 0.3 is 11.9 Å². The molecule has 6 heteroatoms. The van der Waals surface area contributed by atoms with Crippen LogP contribution in [0.3, 0.4) is 0 Å². The number of carboxylic acid groups (broad SMARTS) is 1. The van der Waals surface area contributed by atoms with E-state index in [-0.39, 0.29) is 38.1 Å². The first kappa shape index (κ1) is 14.6. The zero-order valence-electron chi connectivity index (χ0n) is 9.14. The number of carbonyl (C=O) groups excluding carboxylic acids is 2. The van der Waals surface area contributed by atoms with Crippen molar-refractivity contribution in [2.24, 2.45) is 0 Å². The number of hydrogen-bond acceptors (Lipinski definition) is 5. The lowest BCUT2D eigenvalue weighted by Crippen LogP contribution is -2.26. The van der Waals surface area contributed by atoms with Crippen molar-refractivity contribution in [3.8, 4) is 0 Å². The van der Waals surface area contributed by atoms with Crippen LogP contribution in [0.15, 0.2) is 0 Å². The van der Waals surface area contributed by atoms with Gasteiger partial charge in [0.05, 0.1) is 0 Å². The van der Waals surface area contributed by atoms with Crippen LogP contribution in [0.5, 0.6) is 0 Å². The molecule has 0 radical (unpaired) electrons. The van der Waals surface area contributed by atoms with Crippen molar-refractivity contribution in [1.82, 2.24) is 0 Å². The number of aliphatic hydroxyl groups excluding tert-OH is 1. The summed E-state index contributed by atoms with van der Waals surface area (Å²) >= 11 is 0. The van der Waals surface area contributed by atoms with Gasteiger partial charge in [-0.2, -0.15) is 0 Å². The minimum atomic E-state index is -1.04. The quantitative estimate of drug-likeness (QED) is 0.576. The van der Waals surface area contributed by atoms with Gasteiger partial charge < -0.3 is 14.9 Å². The van der Waals surface area contributed by atoms with Crippen LogP contribution in [-0.2, 0) is 19.1 Å². The van der Waals surface area contributed by atoms with E-state index in [1.807, 2.05) is 0 Å². The lowest BCUT2D eigenvalue weighted by Gasteiger charge is -2.13. The van der Waals surface area contributed by atoms with Crippen LogP contribution in [0.25, 0.3) is 0 Å². The molecule has 0 amide bonds. The van der Waals surface area contributed by atoms with E-state index in [2.05, 4.69) is 0 Å². The summed E-state index contributed by atoms with van der Waals surface area (Å²) in [5, 5.41) is 16.9. The van der Waals surface area contributed by atoms with Gasteiger partial charge in [-0.1, -0.05) is 0 Å². The molecule has 0 fully saturated rings. The Labute approximate surface area is 93.2 Å². The maximum atomic E-state index is 11.1. The zero-order chi connectivity index (χ0) is 12.6.